The Morgan fingerprint density at radius 2 is 2.00 bits per heavy atom. The molecule has 0 aliphatic rings. The standard InChI is InChI=1S/C17H12ClNO2/c1-11-10-12(18)7-8-16(11)21-17(20)14-4-2-6-15-13(14)5-3-9-19-15/h2-10H,1H3. The molecule has 0 aliphatic carbocycles. The lowest BCUT2D eigenvalue weighted by atomic mass is 10.1. The SMILES string of the molecule is Cc1cc(Cl)ccc1OC(=O)c1cccc2ncccc12. The molecule has 1 heterocycles. The summed E-state index contributed by atoms with van der Waals surface area (Å²) in [4.78, 5) is 16.6. The van der Waals surface area contributed by atoms with Crippen LogP contribution < -0.4 is 4.74 Å². The van der Waals surface area contributed by atoms with Crippen molar-refractivity contribution < 1.29 is 9.53 Å². The summed E-state index contributed by atoms with van der Waals surface area (Å²) in [6.45, 7) is 1.85. The fourth-order valence-corrected chi connectivity index (χ4v) is 2.39. The summed E-state index contributed by atoms with van der Waals surface area (Å²) in [5, 5.41) is 1.39. The van der Waals surface area contributed by atoms with Gasteiger partial charge in [0.15, 0.2) is 0 Å². The molecule has 0 saturated heterocycles. The zero-order valence-corrected chi connectivity index (χ0v) is 12.1. The Kier molecular flexibility index (Phi) is 3.59. The van der Waals surface area contributed by atoms with Gasteiger partial charge < -0.3 is 4.74 Å². The summed E-state index contributed by atoms with van der Waals surface area (Å²) in [7, 11) is 0. The highest BCUT2D eigenvalue weighted by Gasteiger charge is 2.13. The number of hydrogen-bond acceptors (Lipinski definition) is 3. The second kappa shape index (κ2) is 5.54. The van der Waals surface area contributed by atoms with Crippen LogP contribution in [-0.4, -0.2) is 11.0 Å². The monoisotopic (exact) mass is 297 g/mol. The fraction of sp³-hybridized carbons (Fsp3) is 0.0588. The van der Waals surface area contributed by atoms with E-state index in [9.17, 15) is 4.79 Å². The van der Waals surface area contributed by atoms with Crippen LogP contribution in [0.2, 0.25) is 5.02 Å². The van der Waals surface area contributed by atoms with Gasteiger partial charge in [0.1, 0.15) is 5.75 Å². The number of nitrogens with zero attached hydrogens (tertiary/aromatic N) is 1. The molecule has 4 heteroatoms. The molecule has 0 amide bonds. The minimum absolute atomic E-state index is 0.404. The first-order valence-electron chi connectivity index (χ1n) is 6.47. The number of carbonyl (C=O) groups excluding carboxylic acids is 1. The molecule has 3 rings (SSSR count). The van der Waals surface area contributed by atoms with E-state index in [4.69, 9.17) is 16.3 Å². The summed E-state index contributed by atoms with van der Waals surface area (Å²) in [5.41, 5.74) is 2.07. The zero-order chi connectivity index (χ0) is 14.8. The first-order chi connectivity index (χ1) is 10.1. The van der Waals surface area contributed by atoms with Crippen molar-refractivity contribution in [1.29, 1.82) is 0 Å². The van der Waals surface area contributed by atoms with Crippen LogP contribution in [0.5, 0.6) is 5.75 Å². The van der Waals surface area contributed by atoms with E-state index in [2.05, 4.69) is 4.98 Å². The number of fused-ring (bicyclic) bond motifs is 1. The maximum Gasteiger partial charge on any atom is 0.344 e. The molecule has 0 atom stereocenters. The van der Waals surface area contributed by atoms with Gasteiger partial charge in [-0.2, -0.15) is 0 Å². The molecule has 2 aromatic carbocycles. The number of benzene rings is 2. The van der Waals surface area contributed by atoms with Crippen molar-refractivity contribution in [3.05, 3.63) is 70.9 Å². The van der Waals surface area contributed by atoms with E-state index < -0.39 is 5.97 Å². The van der Waals surface area contributed by atoms with Crippen LogP contribution in [-0.2, 0) is 0 Å². The van der Waals surface area contributed by atoms with Gasteiger partial charge in [-0.05, 0) is 48.9 Å². The van der Waals surface area contributed by atoms with E-state index in [0.29, 0.717) is 16.3 Å². The molecular weight excluding hydrogens is 286 g/mol. The van der Waals surface area contributed by atoms with E-state index in [-0.39, 0.29) is 0 Å². The quantitative estimate of drug-likeness (QED) is 0.519. The Bertz CT molecular complexity index is 825. The maximum absolute atomic E-state index is 12.4. The Morgan fingerprint density at radius 1 is 1.14 bits per heavy atom. The molecule has 0 fully saturated rings. The third-order valence-electron chi connectivity index (χ3n) is 3.21. The molecule has 0 aliphatic heterocycles. The van der Waals surface area contributed by atoms with Crippen LogP contribution >= 0.6 is 11.6 Å². The first-order valence-corrected chi connectivity index (χ1v) is 6.85. The summed E-state index contributed by atoms with van der Waals surface area (Å²) in [6.07, 6.45) is 1.70. The Hall–Kier alpha value is -2.39. The molecule has 3 aromatic rings. The van der Waals surface area contributed by atoms with Crippen molar-refractivity contribution >= 4 is 28.5 Å². The van der Waals surface area contributed by atoms with Crippen molar-refractivity contribution in [2.75, 3.05) is 0 Å². The predicted molar refractivity (Wildman–Crippen MR) is 82.9 cm³/mol. The van der Waals surface area contributed by atoms with E-state index in [1.165, 1.54) is 0 Å². The Balaban J connectivity index is 1.97. The number of hydrogen-bond donors (Lipinski definition) is 0. The number of aryl methyl sites for hydroxylation is 1. The molecule has 0 N–H and O–H groups in total. The van der Waals surface area contributed by atoms with Crippen LogP contribution in [0.15, 0.2) is 54.7 Å². The van der Waals surface area contributed by atoms with Crippen molar-refractivity contribution in [3.8, 4) is 5.75 Å². The van der Waals surface area contributed by atoms with E-state index in [1.54, 1.807) is 42.6 Å². The highest BCUT2D eigenvalue weighted by molar-refractivity contribution is 6.30. The molecule has 0 saturated carbocycles. The number of carbonyl (C=O) groups is 1. The summed E-state index contributed by atoms with van der Waals surface area (Å²) < 4.78 is 5.47. The second-order valence-corrected chi connectivity index (χ2v) is 5.11. The summed E-state index contributed by atoms with van der Waals surface area (Å²) >= 11 is 5.90. The van der Waals surface area contributed by atoms with Gasteiger partial charge in [-0.15, -0.1) is 0 Å². The van der Waals surface area contributed by atoms with Gasteiger partial charge >= 0.3 is 5.97 Å². The smallest absolute Gasteiger partial charge is 0.344 e. The first kappa shape index (κ1) is 13.6. The van der Waals surface area contributed by atoms with Crippen LogP contribution in [0.25, 0.3) is 10.9 Å². The lowest BCUT2D eigenvalue weighted by Crippen LogP contribution is -2.10. The van der Waals surface area contributed by atoms with E-state index >= 15 is 0 Å². The fourth-order valence-electron chi connectivity index (χ4n) is 2.16. The van der Waals surface area contributed by atoms with Crippen molar-refractivity contribution in [2.24, 2.45) is 0 Å². The lowest BCUT2D eigenvalue weighted by molar-refractivity contribution is 0.0735. The molecule has 3 nitrogen and oxygen atoms in total. The number of aromatic nitrogens is 1. The third kappa shape index (κ3) is 2.73. The summed E-state index contributed by atoms with van der Waals surface area (Å²) in [6, 6.07) is 14.2. The maximum atomic E-state index is 12.4. The van der Waals surface area contributed by atoms with Crippen LogP contribution in [0.1, 0.15) is 15.9 Å². The highest BCUT2D eigenvalue weighted by Crippen LogP contribution is 2.24. The van der Waals surface area contributed by atoms with Crippen LogP contribution in [0.3, 0.4) is 0 Å². The van der Waals surface area contributed by atoms with Gasteiger partial charge in [0, 0.05) is 16.6 Å². The predicted octanol–water partition coefficient (Wildman–Crippen LogP) is 4.42. The van der Waals surface area contributed by atoms with Gasteiger partial charge in [0.25, 0.3) is 0 Å². The minimum Gasteiger partial charge on any atom is -0.423 e. The molecule has 0 bridgehead atoms. The topological polar surface area (TPSA) is 39.2 Å². The van der Waals surface area contributed by atoms with Gasteiger partial charge in [-0.1, -0.05) is 23.7 Å². The number of esters is 1. The van der Waals surface area contributed by atoms with E-state index in [1.807, 2.05) is 19.1 Å². The average Bonchev–Trinajstić information content (AvgIpc) is 2.49. The largest absolute Gasteiger partial charge is 0.423 e. The normalized spacial score (nSPS) is 10.6. The van der Waals surface area contributed by atoms with Crippen molar-refractivity contribution in [3.63, 3.8) is 0 Å². The van der Waals surface area contributed by atoms with Crippen LogP contribution in [0.4, 0.5) is 0 Å². The van der Waals surface area contributed by atoms with Gasteiger partial charge in [-0.3, -0.25) is 4.98 Å². The van der Waals surface area contributed by atoms with Gasteiger partial charge in [-0.25, -0.2) is 4.79 Å². The van der Waals surface area contributed by atoms with Gasteiger partial charge in [0.05, 0.1) is 11.1 Å². The Labute approximate surface area is 127 Å². The Morgan fingerprint density at radius 3 is 2.81 bits per heavy atom. The molecule has 21 heavy (non-hydrogen) atoms. The van der Waals surface area contributed by atoms with Crippen molar-refractivity contribution in [1.82, 2.24) is 4.98 Å². The zero-order valence-electron chi connectivity index (χ0n) is 11.3. The average molecular weight is 298 g/mol. The molecule has 0 radical (unpaired) electrons. The van der Waals surface area contributed by atoms with Crippen LogP contribution in [0, 0.1) is 6.92 Å². The molecule has 1 aromatic heterocycles. The summed E-state index contributed by atoms with van der Waals surface area (Å²) in [5.74, 6) is 0.101. The van der Waals surface area contributed by atoms with E-state index in [0.717, 1.165) is 16.5 Å². The number of pyridine rings is 1. The second-order valence-electron chi connectivity index (χ2n) is 4.67. The third-order valence-corrected chi connectivity index (χ3v) is 3.44. The van der Waals surface area contributed by atoms with Gasteiger partial charge in [0.2, 0.25) is 0 Å². The molecule has 0 spiro atoms. The molecule has 104 valence electrons. The molecule has 0 unspecified atom stereocenters. The number of rotatable bonds is 2. The van der Waals surface area contributed by atoms with Crippen molar-refractivity contribution in [2.45, 2.75) is 6.92 Å². The molecular formula is C17H12ClNO2. The minimum atomic E-state index is -0.404. The lowest BCUT2D eigenvalue weighted by Gasteiger charge is -2.09. The highest BCUT2D eigenvalue weighted by atomic mass is 35.5. The number of halogens is 1. The number of ether oxygens (including phenoxy) is 1.